The molecule has 268 valence electrons. The van der Waals surface area contributed by atoms with Gasteiger partial charge in [-0.3, -0.25) is 24.0 Å². The highest BCUT2D eigenvalue weighted by Crippen LogP contribution is 2.45. The molecule has 2 heterocycles. The largest absolute Gasteiger partial charge is 0.496 e. The molecule has 6 atom stereocenters. The molecule has 1 aromatic carbocycles. The van der Waals surface area contributed by atoms with Crippen LogP contribution < -0.4 is 20.7 Å². The van der Waals surface area contributed by atoms with E-state index in [1.165, 1.54) is 11.9 Å². The Balaban J connectivity index is 1.43. The number of likely N-dealkylation sites (tertiary alicyclic amines) is 1. The highest BCUT2D eigenvalue weighted by atomic mass is 16.7. The zero-order chi connectivity index (χ0) is 36.0. The lowest BCUT2D eigenvalue weighted by atomic mass is 9.85. The minimum atomic E-state index is -1.02. The first-order valence-corrected chi connectivity index (χ1v) is 17.6. The van der Waals surface area contributed by atoms with Crippen molar-refractivity contribution in [2.24, 2.45) is 34.2 Å². The van der Waals surface area contributed by atoms with E-state index in [0.29, 0.717) is 24.5 Å². The van der Waals surface area contributed by atoms with E-state index in [-0.39, 0.29) is 36.6 Å². The van der Waals surface area contributed by atoms with Crippen LogP contribution in [0.2, 0.25) is 0 Å². The summed E-state index contributed by atoms with van der Waals surface area (Å²) in [6, 6.07) is 1.01. The van der Waals surface area contributed by atoms with Gasteiger partial charge in [0, 0.05) is 31.4 Å². The number of methoxy groups -OCH3 is 1. The average molecular weight is 680 g/mol. The van der Waals surface area contributed by atoms with Gasteiger partial charge in [-0.05, 0) is 73.1 Å². The second-order valence-electron chi connectivity index (χ2n) is 16.1. The van der Waals surface area contributed by atoms with Crippen LogP contribution in [0.4, 0.5) is 0 Å². The summed E-state index contributed by atoms with van der Waals surface area (Å²) in [7, 11) is 3.01. The summed E-state index contributed by atoms with van der Waals surface area (Å²) >= 11 is 0. The summed E-state index contributed by atoms with van der Waals surface area (Å²) in [5.74, 6) is -1.06. The van der Waals surface area contributed by atoms with E-state index >= 15 is 0 Å². The maximum Gasteiger partial charge on any atom is 0.289 e. The fraction of sp³-hybridized carbons (Fsp3) is 0.676. The van der Waals surface area contributed by atoms with Crippen LogP contribution in [-0.4, -0.2) is 84.5 Å². The lowest BCUT2D eigenvalue weighted by Gasteiger charge is -2.35. The third-order valence-corrected chi connectivity index (χ3v) is 10.6. The number of carbonyl (C=O) groups excluding carboxylic acids is 5. The number of Topliss-reactive ketones (excluding diaryl/α,β-unsaturated/α-hetero) is 1. The summed E-state index contributed by atoms with van der Waals surface area (Å²) in [5, 5.41) is 12.7. The Hall–Kier alpha value is -3.96. The van der Waals surface area contributed by atoms with Crippen molar-refractivity contribution in [3.05, 3.63) is 28.8 Å². The van der Waals surface area contributed by atoms with Crippen LogP contribution in [0.25, 0.3) is 0 Å². The van der Waals surface area contributed by atoms with Gasteiger partial charge in [-0.25, -0.2) is 0 Å². The van der Waals surface area contributed by atoms with Crippen LogP contribution in [0.3, 0.4) is 0 Å². The third-order valence-electron chi connectivity index (χ3n) is 10.6. The molecule has 0 radical (unpaired) electrons. The van der Waals surface area contributed by atoms with E-state index in [4.69, 9.17) is 9.57 Å². The number of rotatable bonds is 12. The molecule has 1 aromatic rings. The topological polar surface area (TPSA) is 156 Å². The van der Waals surface area contributed by atoms with Crippen molar-refractivity contribution in [3.63, 3.8) is 0 Å². The van der Waals surface area contributed by atoms with Crippen LogP contribution in [0, 0.1) is 42.9 Å². The molecule has 12 nitrogen and oxygen atoms in total. The molecule has 49 heavy (non-hydrogen) atoms. The number of benzene rings is 1. The lowest BCUT2D eigenvalue weighted by Crippen LogP contribution is -2.59. The Morgan fingerprint density at radius 2 is 1.71 bits per heavy atom. The molecular formula is C37H53N5O7. The molecule has 0 bridgehead atoms. The van der Waals surface area contributed by atoms with Crippen LogP contribution >= 0.6 is 0 Å². The Morgan fingerprint density at radius 3 is 2.24 bits per heavy atom. The predicted octanol–water partition coefficient (Wildman–Crippen LogP) is 3.20. The molecule has 1 saturated heterocycles. The number of likely N-dealkylation sites (N-methyl/N-ethyl adjacent to an activating group) is 1. The molecule has 4 aliphatic rings. The first-order valence-electron chi connectivity index (χ1n) is 17.6. The first kappa shape index (κ1) is 36.3. The number of nitrogens with zero attached hydrogens (tertiary/aromatic N) is 2. The molecule has 2 aliphatic heterocycles. The normalized spacial score (nSPS) is 25.7. The maximum atomic E-state index is 14.6. The zero-order valence-electron chi connectivity index (χ0n) is 30.4. The van der Waals surface area contributed by atoms with E-state index in [1.54, 1.807) is 7.11 Å². The first-order chi connectivity index (χ1) is 23.0. The number of nitrogens with one attached hydrogen (secondary N) is 3. The summed E-state index contributed by atoms with van der Waals surface area (Å²) in [6.45, 7) is 13.8. The highest BCUT2D eigenvalue weighted by Gasteiger charge is 2.56. The predicted molar refractivity (Wildman–Crippen MR) is 184 cm³/mol. The molecule has 0 unspecified atom stereocenters. The summed E-state index contributed by atoms with van der Waals surface area (Å²) in [4.78, 5) is 75.2. The van der Waals surface area contributed by atoms with Crippen molar-refractivity contribution in [1.29, 1.82) is 0 Å². The number of ether oxygens (including phenoxy) is 1. The smallest absolute Gasteiger partial charge is 0.289 e. The zero-order valence-corrected chi connectivity index (χ0v) is 30.4. The Kier molecular flexibility index (Phi) is 10.2. The summed E-state index contributed by atoms with van der Waals surface area (Å²) < 4.78 is 5.54. The number of amides is 4. The number of carbonyl (C=O) groups is 5. The van der Waals surface area contributed by atoms with Crippen molar-refractivity contribution in [3.8, 4) is 5.75 Å². The molecule has 1 spiro atoms. The van der Waals surface area contributed by atoms with Gasteiger partial charge in [-0.2, -0.15) is 0 Å². The average Bonchev–Trinajstić information content (AvgIpc) is 3.96. The SMILES string of the molecule is CNC(=O)C(=O)[C@H](CC1CC1)NC(=O)[C@@H]1C[C@]2(CC(c3cc(C)c(OC)c(C)c3)=NO2)CN1C(=O)[C@@H](NC(=O)[C@@H]1C[C@H]1C(C)C)C(C)(C)C. The second-order valence-corrected chi connectivity index (χ2v) is 16.1. The second kappa shape index (κ2) is 13.7. The van der Waals surface area contributed by atoms with Crippen LogP contribution in [0.1, 0.15) is 89.8 Å². The number of oxime groups is 1. The Morgan fingerprint density at radius 1 is 1.06 bits per heavy atom. The Labute approximate surface area is 289 Å². The van der Waals surface area contributed by atoms with Gasteiger partial charge in [0.1, 0.15) is 17.8 Å². The van der Waals surface area contributed by atoms with Gasteiger partial charge in [0.15, 0.2) is 5.60 Å². The molecule has 0 aromatic heterocycles. The quantitative estimate of drug-likeness (QED) is 0.287. The number of ketones is 1. The van der Waals surface area contributed by atoms with Crippen LogP contribution in [-0.2, 0) is 28.8 Å². The van der Waals surface area contributed by atoms with Gasteiger partial charge in [0.2, 0.25) is 23.5 Å². The minimum absolute atomic E-state index is 0.0578. The lowest BCUT2D eigenvalue weighted by molar-refractivity contribution is -0.145. The van der Waals surface area contributed by atoms with E-state index < -0.39 is 52.6 Å². The monoisotopic (exact) mass is 679 g/mol. The van der Waals surface area contributed by atoms with Crippen LogP contribution in [0.5, 0.6) is 5.75 Å². The molecule has 2 aliphatic carbocycles. The van der Waals surface area contributed by atoms with Crippen molar-refractivity contribution in [2.75, 3.05) is 20.7 Å². The number of aryl methyl sites for hydroxylation is 2. The van der Waals surface area contributed by atoms with E-state index in [0.717, 1.165) is 41.7 Å². The molecular weight excluding hydrogens is 626 g/mol. The van der Waals surface area contributed by atoms with Gasteiger partial charge in [-0.1, -0.05) is 52.6 Å². The molecule has 4 amide bonds. The van der Waals surface area contributed by atoms with Gasteiger partial charge in [0.25, 0.3) is 5.91 Å². The highest BCUT2D eigenvalue weighted by molar-refractivity contribution is 6.38. The molecule has 2 saturated carbocycles. The summed E-state index contributed by atoms with van der Waals surface area (Å²) in [5.41, 5.74) is 1.77. The van der Waals surface area contributed by atoms with E-state index in [2.05, 4.69) is 35.0 Å². The maximum absolute atomic E-state index is 14.6. The van der Waals surface area contributed by atoms with E-state index in [9.17, 15) is 24.0 Å². The minimum Gasteiger partial charge on any atom is -0.496 e. The van der Waals surface area contributed by atoms with Gasteiger partial charge >= 0.3 is 0 Å². The van der Waals surface area contributed by atoms with Gasteiger partial charge in [-0.15, -0.1) is 0 Å². The molecule has 5 rings (SSSR count). The van der Waals surface area contributed by atoms with Crippen molar-refractivity contribution >= 4 is 35.1 Å². The standard InChI is InChI=1S/C37H53N5O7/c1-19(2)24-15-25(24)32(44)40-31(36(5,6)7)35(47)42-18-37(16-27(41-49-37)23-12-20(3)30(48-9)21(4)13-23)17-28(42)33(45)39-26(14-22-10-11-22)29(43)34(46)38-8/h12-13,19,22,24-26,28,31H,10-11,14-18H2,1-9H3,(H,38,46)(H,39,45)(H,40,44)/t24-,25+,26-,28-,31+,37+/m0/s1. The van der Waals surface area contributed by atoms with Crippen molar-refractivity contribution < 1.29 is 33.5 Å². The number of hydrogen-bond donors (Lipinski definition) is 3. The molecule has 3 fully saturated rings. The van der Waals surface area contributed by atoms with E-state index in [1.807, 2.05) is 46.8 Å². The molecule has 3 N–H and O–H groups in total. The third kappa shape index (κ3) is 7.78. The fourth-order valence-corrected chi connectivity index (χ4v) is 7.51. The van der Waals surface area contributed by atoms with Crippen molar-refractivity contribution in [1.82, 2.24) is 20.9 Å². The van der Waals surface area contributed by atoms with Crippen molar-refractivity contribution in [2.45, 2.75) is 111 Å². The molecule has 12 heteroatoms. The number of hydrogen-bond acceptors (Lipinski definition) is 8. The Bertz CT molecular complexity index is 1520. The summed E-state index contributed by atoms with van der Waals surface area (Å²) in [6.07, 6.45) is 3.45. The fourth-order valence-electron chi connectivity index (χ4n) is 7.51. The van der Waals surface area contributed by atoms with Crippen LogP contribution in [0.15, 0.2) is 17.3 Å². The van der Waals surface area contributed by atoms with Gasteiger partial charge in [0.05, 0.1) is 25.4 Å². The van der Waals surface area contributed by atoms with Gasteiger partial charge < -0.3 is 30.4 Å².